The van der Waals surface area contributed by atoms with Crippen LogP contribution in [0.25, 0.3) is 0 Å². The molecule has 0 atom stereocenters. The van der Waals surface area contributed by atoms with Crippen LogP contribution >= 0.6 is 11.8 Å². The zero-order chi connectivity index (χ0) is 12.1. The zero-order valence-electron chi connectivity index (χ0n) is 8.87. The second-order valence-electron chi connectivity index (χ2n) is 3.21. The molecular weight excluding hydrogens is 240 g/mol. The van der Waals surface area contributed by atoms with Crippen LogP contribution in [0.5, 0.6) is 0 Å². The third kappa shape index (κ3) is 3.04. The number of hydrogen-bond donors (Lipinski definition) is 1. The summed E-state index contributed by atoms with van der Waals surface area (Å²) in [5.41, 5.74) is 3.36. The third-order valence-corrected chi connectivity index (χ3v) is 2.99. The van der Waals surface area contributed by atoms with Crippen molar-refractivity contribution < 1.29 is 4.92 Å². The van der Waals surface area contributed by atoms with E-state index in [1.807, 2.05) is 18.2 Å². The number of amidine groups is 1. The van der Waals surface area contributed by atoms with Crippen LogP contribution in [0.15, 0.2) is 40.4 Å². The van der Waals surface area contributed by atoms with Crippen molar-refractivity contribution in [1.29, 1.82) is 0 Å². The number of nitrogens with zero attached hydrogens (tertiary/aromatic N) is 3. The second-order valence-corrected chi connectivity index (χ2v) is 4.29. The van der Waals surface area contributed by atoms with Gasteiger partial charge in [-0.15, -0.1) is 0 Å². The van der Waals surface area contributed by atoms with Gasteiger partial charge in [0, 0.05) is 5.75 Å². The first-order valence-corrected chi connectivity index (χ1v) is 5.96. The van der Waals surface area contributed by atoms with Gasteiger partial charge in [-0.25, -0.2) is 0 Å². The molecule has 1 aromatic rings. The largest absolute Gasteiger partial charge is 0.419 e. The molecule has 2 rings (SSSR count). The van der Waals surface area contributed by atoms with Gasteiger partial charge in [-0.05, 0) is 17.1 Å². The smallest absolute Gasteiger partial charge is 0.358 e. The Kier molecular flexibility index (Phi) is 3.71. The lowest BCUT2D eigenvalue weighted by atomic mass is 10.3. The SMILES string of the molecule is O=[N+]([O-])C(=NNc1ccccc1)C1=NCCS1. The van der Waals surface area contributed by atoms with Crippen LogP contribution in [-0.4, -0.2) is 28.1 Å². The molecule has 0 bridgehead atoms. The summed E-state index contributed by atoms with van der Waals surface area (Å²) in [7, 11) is 0. The van der Waals surface area contributed by atoms with Gasteiger partial charge in [0.15, 0.2) is 5.04 Å². The molecule has 1 N–H and O–H groups in total. The van der Waals surface area contributed by atoms with E-state index in [2.05, 4.69) is 15.5 Å². The number of hydrogen-bond acceptors (Lipinski definition) is 6. The molecule has 0 fully saturated rings. The summed E-state index contributed by atoms with van der Waals surface area (Å²) in [4.78, 5) is 14.4. The van der Waals surface area contributed by atoms with E-state index in [4.69, 9.17) is 0 Å². The molecule has 1 aliphatic rings. The van der Waals surface area contributed by atoms with Crippen LogP contribution in [0.1, 0.15) is 0 Å². The summed E-state index contributed by atoms with van der Waals surface area (Å²) in [6.07, 6.45) is 0. The number of nitrogens with one attached hydrogen (secondary N) is 1. The highest BCUT2D eigenvalue weighted by atomic mass is 32.2. The van der Waals surface area contributed by atoms with E-state index in [1.54, 1.807) is 12.1 Å². The predicted molar refractivity (Wildman–Crippen MR) is 69.3 cm³/mol. The molecule has 0 saturated heterocycles. The lowest BCUT2D eigenvalue weighted by Gasteiger charge is -1.98. The summed E-state index contributed by atoms with van der Waals surface area (Å²) in [5.74, 6) is 0.546. The lowest BCUT2D eigenvalue weighted by Crippen LogP contribution is -2.21. The van der Waals surface area contributed by atoms with Crippen LogP contribution in [0.4, 0.5) is 5.69 Å². The molecule has 6 nitrogen and oxygen atoms in total. The highest BCUT2D eigenvalue weighted by Gasteiger charge is 2.25. The van der Waals surface area contributed by atoms with Crippen molar-refractivity contribution in [2.75, 3.05) is 17.7 Å². The summed E-state index contributed by atoms with van der Waals surface area (Å²) in [5, 5.41) is 15.0. The topological polar surface area (TPSA) is 79.9 Å². The van der Waals surface area contributed by atoms with Gasteiger partial charge in [0.05, 0.1) is 17.3 Å². The number of thioether (sulfide) groups is 1. The van der Waals surface area contributed by atoms with Crippen molar-refractivity contribution in [1.82, 2.24) is 0 Å². The molecule has 0 saturated carbocycles. The van der Waals surface area contributed by atoms with E-state index in [0.717, 1.165) is 5.75 Å². The minimum Gasteiger partial charge on any atom is -0.358 e. The van der Waals surface area contributed by atoms with Crippen LogP contribution in [0.2, 0.25) is 0 Å². The number of benzene rings is 1. The Morgan fingerprint density at radius 2 is 2.24 bits per heavy atom. The minimum atomic E-state index is -0.521. The monoisotopic (exact) mass is 250 g/mol. The number of para-hydroxylation sites is 1. The molecule has 0 radical (unpaired) electrons. The van der Waals surface area contributed by atoms with Crippen LogP contribution < -0.4 is 5.43 Å². The molecule has 0 amide bonds. The van der Waals surface area contributed by atoms with Gasteiger partial charge in [0.1, 0.15) is 0 Å². The maximum atomic E-state index is 10.8. The van der Waals surface area contributed by atoms with Gasteiger partial charge >= 0.3 is 5.84 Å². The summed E-state index contributed by atoms with van der Waals surface area (Å²) in [6.45, 7) is 0.609. The fourth-order valence-electron chi connectivity index (χ4n) is 1.27. The van der Waals surface area contributed by atoms with Gasteiger partial charge in [0.2, 0.25) is 0 Å². The molecule has 0 aliphatic carbocycles. The van der Waals surface area contributed by atoms with Crippen molar-refractivity contribution in [3.63, 3.8) is 0 Å². The fraction of sp³-hybridized carbons (Fsp3) is 0.200. The first-order valence-electron chi connectivity index (χ1n) is 4.98. The van der Waals surface area contributed by atoms with E-state index in [1.165, 1.54) is 11.8 Å². The average Bonchev–Trinajstić information content (AvgIpc) is 2.84. The van der Waals surface area contributed by atoms with Gasteiger partial charge in [-0.3, -0.25) is 4.99 Å². The maximum Gasteiger partial charge on any atom is 0.419 e. The summed E-state index contributed by atoms with van der Waals surface area (Å²) >= 11 is 1.35. The Labute approximate surface area is 102 Å². The first kappa shape index (κ1) is 11.6. The predicted octanol–water partition coefficient (Wildman–Crippen LogP) is 1.83. The highest BCUT2D eigenvalue weighted by molar-refractivity contribution is 8.16. The molecule has 7 heteroatoms. The van der Waals surface area contributed by atoms with Crippen LogP contribution in [0, 0.1) is 10.1 Å². The maximum absolute atomic E-state index is 10.8. The van der Waals surface area contributed by atoms with Crippen molar-refractivity contribution in [3.8, 4) is 0 Å². The molecule has 1 aliphatic heterocycles. The Balaban J connectivity index is 2.14. The Morgan fingerprint density at radius 3 is 2.82 bits per heavy atom. The Hall–Kier alpha value is -1.89. The molecule has 1 heterocycles. The van der Waals surface area contributed by atoms with E-state index in [0.29, 0.717) is 17.3 Å². The van der Waals surface area contributed by atoms with Gasteiger partial charge in [-0.2, -0.15) is 5.43 Å². The number of aliphatic imine (C=N–C) groups is 1. The lowest BCUT2D eigenvalue weighted by molar-refractivity contribution is -0.345. The molecule has 0 spiro atoms. The van der Waals surface area contributed by atoms with Gasteiger partial charge < -0.3 is 10.1 Å². The summed E-state index contributed by atoms with van der Waals surface area (Å²) in [6, 6.07) is 9.08. The first-order chi connectivity index (χ1) is 8.27. The molecular formula is C10H10N4O2S. The quantitative estimate of drug-likeness (QED) is 0.384. The standard InChI is InChI=1S/C10H10N4O2S/c15-14(16)9(10-11-6-7-17-10)13-12-8-4-2-1-3-5-8/h1-5,12H,6-7H2. The number of nitro groups is 1. The van der Waals surface area contributed by atoms with Crippen LogP contribution in [-0.2, 0) is 0 Å². The number of rotatable bonds is 3. The summed E-state index contributed by atoms with van der Waals surface area (Å²) < 4.78 is 0. The average molecular weight is 250 g/mol. The van der Waals surface area contributed by atoms with E-state index >= 15 is 0 Å². The van der Waals surface area contributed by atoms with Crippen molar-refractivity contribution in [3.05, 3.63) is 40.4 Å². The highest BCUT2D eigenvalue weighted by Crippen LogP contribution is 2.14. The second kappa shape index (κ2) is 5.44. The normalized spacial score (nSPS) is 15.5. The van der Waals surface area contributed by atoms with Gasteiger partial charge in [-0.1, -0.05) is 30.0 Å². The van der Waals surface area contributed by atoms with Crippen molar-refractivity contribution in [2.24, 2.45) is 10.1 Å². The number of hydrazone groups is 1. The molecule has 17 heavy (non-hydrogen) atoms. The fourth-order valence-corrected chi connectivity index (χ4v) is 2.08. The zero-order valence-corrected chi connectivity index (χ0v) is 9.68. The third-order valence-electron chi connectivity index (χ3n) is 2.01. The Morgan fingerprint density at radius 1 is 1.47 bits per heavy atom. The van der Waals surface area contributed by atoms with Crippen molar-refractivity contribution >= 4 is 28.3 Å². The molecule has 88 valence electrons. The number of anilines is 1. The molecule has 1 aromatic carbocycles. The Bertz CT molecular complexity index is 472. The van der Waals surface area contributed by atoms with Gasteiger partial charge in [0.25, 0.3) is 0 Å². The van der Waals surface area contributed by atoms with Crippen LogP contribution in [0.3, 0.4) is 0 Å². The van der Waals surface area contributed by atoms with E-state index in [-0.39, 0.29) is 5.84 Å². The van der Waals surface area contributed by atoms with E-state index in [9.17, 15) is 10.1 Å². The molecule has 0 aromatic heterocycles. The van der Waals surface area contributed by atoms with E-state index < -0.39 is 4.92 Å². The molecule has 0 unspecified atom stereocenters. The minimum absolute atomic E-state index is 0.226. The van der Waals surface area contributed by atoms with Crippen molar-refractivity contribution in [2.45, 2.75) is 0 Å².